The van der Waals surface area contributed by atoms with Gasteiger partial charge < -0.3 is 9.80 Å². The van der Waals surface area contributed by atoms with Gasteiger partial charge in [-0.15, -0.1) is 0 Å². The Morgan fingerprint density at radius 3 is 2.29 bits per heavy atom. The molecule has 11 nitrogen and oxygen atoms in total. The second-order valence-corrected chi connectivity index (χ2v) is 10.2. The van der Waals surface area contributed by atoms with Crippen molar-refractivity contribution in [3.63, 3.8) is 0 Å². The van der Waals surface area contributed by atoms with E-state index >= 15 is 0 Å². The molecule has 3 N–H and O–H groups in total. The number of nitrogens with zero attached hydrogens (tertiary/aromatic N) is 4. The number of piperazine rings is 1. The zero-order valence-corrected chi connectivity index (χ0v) is 20.1. The highest BCUT2D eigenvalue weighted by Gasteiger charge is 2.32. The topological polar surface area (TPSA) is 134 Å². The molecule has 0 radical (unpaired) electrons. The number of hydrogen-bond donors (Lipinski definition) is 3. The van der Waals surface area contributed by atoms with Gasteiger partial charge in [-0.2, -0.15) is 4.31 Å². The second kappa shape index (κ2) is 9.49. The van der Waals surface area contributed by atoms with E-state index in [0.717, 1.165) is 17.1 Å². The summed E-state index contributed by atoms with van der Waals surface area (Å²) in [6.45, 7) is 0.889. The minimum absolute atomic E-state index is 0.0264. The van der Waals surface area contributed by atoms with Gasteiger partial charge in [-0.3, -0.25) is 10.0 Å². The molecule has 1 amide bonds. The van der Waals surface area contributed by atoms with Crippen molar-refractivity contribution in [2.75, 3.05) is 50.1 Å². The van der Waals surface area contributed by atoms with Gasteiger partial charge in [0.15, 0.2) is 0 Å². The number of hydroxylamine groups is 1. The lowest BCUT2D eigenvalue weighted by Crippen LogP contribution is -2.49. The van der Waals surface area contributed by atoms with Crippen LogP contribution in [-0.4, -0.2) is 74.2 Å². The lowest BCUT2D eigenvalue weighted by Gasteiger charge is -2.36. The molecule has 12 heteroatoms. The molecular formula is C23H26N5O6S+. The second-order valence-electron chi connectivity index (χ2n) is 8.33. The average Bonchev–Trinajstić information content (AvgIpc) is 2.87. The van der Waals surface area contributed by atoms with Gasteiger partial charge in [-0.05, 0) is 18.2 Å². The van der Waals surface area contributed by atoms with Gasteiger partial charge in [0.05, 0.1) is 21.1 Å². The van der Waals surface area contributed by atoms with Crippen LogP contribution in [0, 0.1) is 4.91 Å². The van der Waals surface area contributed by atoms with Crippen LogP contribution in [0.1, 0.15) is 10.4 Å². The molecule has 0 saturated carbocycles. The Kier molecular flexibility index (Phi) is 6.61. The molecule has 1 heterocycles. The summed E-state index contributed by atoms with van der Waals surface area (Å²) in [6.07, 6.45) is 0. The van der Waals surface area contributed by atoms with Gasteiger partial charge in [0, 0.05) is 68.9 Å². The van der Waals surface area contributed by atoms with Crippen molar-refractivity contribution >= 4 is 43.8 Å². The highest BCUT2D eigenvalue weighted by Crippen LogP contribution is 2.33. The Bertz CT molecular complexity index is 1400. The summed E-state index contributed by atoms with van der Waals surface area (Å²) >= 11 is 0. The number of fused-ring (bicyclic) bond motifs is 1. The first-order valence-corrected chi connectivity index (χ1v) is 12.3. The maximum Gasteiger partial charge on any atom is 0.317 e. The largest absolute Gasteiger partial charge is 0.377 e. The minimum atomic E-state index is -3.80. The molecule has 1 aliphatic heterocycles. The van der Waals surface area contributed by atoms with E-state index in [2.05, 4.69) is 0 Å². The van der Waals surface area contributed by atoms with E-state index in [9.17, 15) is 18.1 Å². The van der Waals surface area contributed by atoms with E-state index in [-0.39, 0.29) is 47.2 Å². The third-order valence-electron chi connectivity index (χ3n) is 6.09. The van der Waals surface area contributed by atoms with Crippen molar-refractivity contribution < 1.29 is 28.6 Å². The van der Waals surface area contributed by atoms with Gasteiger partial charge in [0.2, 0.25) is 10.0 Å². The van der Waals surface area contributed by atoms with Crippen LogP contribution in [0.4, 0.5) is 17.1 Å². The van der Waals surface area contributed by atoms with Crippen LogP contribution in [0.3, 0.4) is 0 Å². The number of amides is 1. The van der Waals surface area contributed by atoms with Gasteiger partial charge in [-0.25, -0.2) is 19.1 Å². The maximum atomic E-state index is 13.6. The van der Waals surface area contributed by atoms with Crippen molar-refractivity contribution in [2.45, 2.75) is 4.90 Å². The number of carbonyl (C=O) groups excluding carboxylic acids is 1. The smallest absolute Gasteiger partial charge is 0.317 e. The molecule has 184 valence electrons. The minimum Gasteiger partial charge on any atom is -0.377 e. The van der Waals surface area contributed by atoms with Crippen LogP contribution in [0.15, 0.2) is 59.5 Å². The lowest BCUT2D eigenvalue weighted by atomic mass is 10.1. The predicted molar refractivity (Wildman–Crippen MR) is 130 cm³/mol. The fourth-order valence-corrected chi connectivity index (χ4v) is 5.98. The van der Waals surface area contributed by atoms with Crippen LogP contribution >= 0.6 is 0 Å². The first kappa shape index (κ1) is 24.4. The van der Waals surface area contributed by atoms with Crippen molar-refractivity contribution in [1.82, 2.24) is 9.79 Å². The van der Waals surface area contributed by atoms with Crippen LogP contribution in [-0.2, 0) is 10.0 Å². The number of anilines is 2. The van der Waals surface area contributed by atoms with E-state index in [1.165, 1.54) is 21.9 Å². The number of benzene rings is 3. The number of nitrogens with one attached hydrogen (secondary N) is 1. The molecule has 0 aliphatic carbocycles. The van der Waals surface area contributed by atoms with Crippen molar-refractivity contribution in [2.24, 2.45) is 0 Å². The normalized spacial score (nSPS) is 14.7. The Morgan fingerprint density at radius 2 is 1.66 bits per heavy atom. The molecule has 0 bridgehead atoms. The molecule has 35 heavy (non-hydrogen) atoms. The predicted octanol–water partition coefficient (Wildman–Crippen LogP) is 2.34. The summed E-state index contributed by atoms with van der Waals surface area (Å²) in [6, 6.07) is 14.8. The fraction of sp³-hybridized carbons (Fsp3) is 0.261. The Morgan fingerprint density at radius 1 is 1.00 bits per heavy atom. The first-order valence-electron chi connectivity index (χ1n) is 10.8. The van der Waals surface area contributed by atoms with Gasteiger partial charge in [0.25, 0.3) is 10.8 Å². The van der Waals surface area contributed by atoms with E-state index in [1.54, 1.807) is 23.1 Å². The summed E-state index contributed by atoms with van der Waals surface area (Å²) < 4.78 is 28.6. The summed E-state index contributed by atoms with van der Waals surface area (Å²) in [7, 11) is 0.0119. The molecule has 1 aliphatic rings. The van der Waals surface area contributed by atoms with Crippen LogP contribution < -0.4 is 15.3 Å². The SMILES string of the molecule is CN(C)c1cccc2c(S(=O)(=O)N3CCN(c4ccc([N+](=O)O)cc4C(=O)NO)CC3)cccc12. The molecule has 3 aromatic rings. The molecule has 1 fully saturated rings. The summed E-state index contributed by atoms with van der Waals surface area (Å²) in [5, 5.41) is 19.7. The number of carbonyl (C=O) groups is 1. The third kappa shape index (κ3) is 4.50. The Hall–Kier alpha value is -3.74. The Balaban J connectivity index is 1.62. The fourth-order valence-electron chi connectivity index (χ4n) is 4.35. The van der Waals surface area contributed by atoms with Crippen LogP contribution in [0.5, 0.6) is 0 Å². The quantitative estimate of drug-likeness (QED) is 0.347. The molecule has 0 unspecified atom stereocenters. The lowest BCUT2D eigenvalue weighted by molar-refractivity contribution is -0.729. The van der Waals surface area contributed by atoms with Crippen molar-refractivity contribution in [3.05, 3.63) is 65.1 Å². The number of sulfonamides is 1. The summed E-state index contributed by atoms with van der Waals surface area (Å²) in [4.78, 5) is 27.0. The molecule has 0 spiro atoms. The van der Waals surface area contributed by atoms with Crippen LogP contribution in [0.2, 0.25) is 0 Å². The highest BCUT2D eigenvalue weighted by atomic mass is 32.2. The van der Waals surface area contributed by atoms with Crippen molar-refractivity contribution in [3.8, 4) is 0 Å². The zero-order valence-electron chi connectivity index (χ0n) is 19.2. The highest BCUT2D eigenvalue weighted by molar-refractivity contribution is 7.89. The molecule has 3 aromatic carbocycles. The monoisotopic (exact) mass is 500 g/mol. The summed E-state index contributed by atoms with van der Waals surface area (Å²) in [5.41, 5.74) is 2.65. The van der Waals surface area contributed by atoms with E-state index in [0.29, 0.717) is 11.1 Å². The number of hydrogen-bond acceptors (Lipinski definition) is 7. The van der Waals surface area contributed by atoms with Crippen LogP contribution in [0.25, 0.3) is 10.8 Å². The molecule has 4 rings (SSSR count). The Labute approximate surface area is 202 Å². The summed E-state index contributed by atoms with van der Waals surface area (Å²) in [5.74, 6) is -0.855. The molecule has 1 saturated heterocycles. The van der Waals surface area contributed by atoms with Crippen molar-refractivity contribution in [1.29, 1.82) is 0 Å². The van der Waals surface area contributed by atoms with E-state index in [1.807, 2.05) is 37.2 Å². The van der Waals surface area contributed by atoms with Gasteiger partial charge >= 0.3 is 5.69 Å². The average molecular weight is 501 g/mol. The van der Waals surface area contributed by atoms with E-state index < -0.39 is 15.9 Å². The molecule has 0 aromatic heterocycles. The first-order chi connectivity index (χ1) is 16.6. The maximum absolute atomic E-state index is 13.6. The molecule has 0 atom stereocenters. The van der Waals surface area contributed by atoms with Gasteiger partial charge in [-0.1, -0.05) is 24.3 Å². The number of rotatable bonds is 6. The molecular weight excluding hydrogens is 474 g/mol. The zero-order chi connectivity index (χ0) is 25.3. The van der Waals surface area contributed by atoms with Gasteiger partial charge in [0.1, 0.15) is 0 Å². The standard InChI is InChI=1S/C23H25N5O6S/c1-25(2)20-7-3-6-18-17(20)5-4-8-22(18)35(33,34)27-13-11-26(12-14-27)21-10-9-16(28(31)32)15-19(21)23(29)24-30/h3-10,15H,11-14H2,1-2H3,(H2-,24,29,30,31,32)/p+1. The third-order valence-corrected chi connectivity index (χ3v) is 8.04. The van der Waals surface area contributed by atoms with E-state index in [4.69, 9.17) is 10.4 Å².